The molecule has 2 aliphatic rings. The van der Waals surface area contributed by atoms with Gasteiger partial charge in [0.25, 0.3) is 0 Å². The van der Waals surface area contributed by atoms with Crippen molar-refractivity contribution in [3.63, 3.8) is 0 Å². The number of nitrogens with zero attached hydrogens (tertiary/aromatic N) is 2. The lowest BCUT2D eigenvalue weighted by molar-refractivity contribution is -0.127. The van der Waals surface area contributed by atoms with Crippen molar-refractivity contribution in [2.24, 2.45) is 0 Å². The maximum atomic E-state index is 13.0. The molecule has 30 heavy (non-hydrogen) atoms. The van der Waals surface area contributed by atoms with Crippen LogP contribution in [0.2, 0.25) is 0 Å². The summed E-state index contributed by atoms with van der Waals surface area (Å²) in [6, 6.07) is 8.30. The molecule has 0 unspecified atom stereocenters. The Morgan fingerprint density at radius 3 is 2.43 bits per heavy atom. The van der Waals surface area contributed by atoms with Crippen LogP contribution in [0.4, 0.5) is 0 Å². The van der Waals surface area contributed by atoms with E-state index in [0.717, 1.165) is 12.2 Å². The molecule has 0 radical (unpaired) electrons. The van der Waals surface area contributed by atoms with Gasteiger partial charge in [-0.15, -0.1) is 0 Å². The van der Waals surface area contributed by atoms with Crippen molar-refractivity contribution in [2.45, 2.75) is 18.2 Å². The molecule has 8 nitrogen and oxygen atoms in total. The summed E-state index contributed by atoms with van der Waals surface area (Å²) in [7, 11) is -3.68. The number of carbonyl (C=O) groups is 1. The van der Waals surface area contributed by atoms with Crippen LogP contribution >= 0.6 is 0 Å². The molecule has 9 heteroatoms. The van der Waals surface area contributed by atoms with E-state index in [0.29, 0.717) is 43.6 Å². The fourth-order valence-electron chi connectivity index (χ4n) is 3.40. The normalized spacial score (nSPS) is 17.8. The molecule has 0 N–H and O–H groups in total. The van der Waals surface area contributed by atoms with E-state index in [1.807, 2.05) is 13.0 Å². The number of piperazine rings is 1. The minimum Gasteiger partial charge on any atom is -0.490 e. The van der Waals surface area contributed by atoms with Crippen molar-refractivity contribution in [3.05, 3.63) is 47.9 Å². The van der Waals surface area contributed by atoms with Crippen LogP contribution in [0.15, 0.2) is 45.7 Å². The molecular formula is C21H24N2O6S. The molecule has 1 amide bonds. The van der Waals surface area contributed by atoms with Gasteiger partial charge in [-0.2, -0.15) is 4.31 Å². The van der Waals surface area contributed by atoms with Crippen molar-refractivity contribution < 1.29 is 27.1 Å². The number of sulfonamides is 1. The van der Waals surface area contributed by atoms with E-state index in [-0.39, 0.29) is 23.9 Å². The minimum atomic E-state index is -3.68. The Kier molecular flexibility index (Phi) is 5.83. The van der Waals surface area contributed by atoms with Crippen molar-refractivity contribution in [2.75, 3.05) is 39.4 Å². The summed E-state index contributed by atoms with van der Waals surface area (Å²) < 4.78 is 44.1. The number of carbonyl (C=O) groups excluding carboxylic acids is 1. The number of amides is 1. The number of hydrogen-bond acceptors (Lipinski definition) is 6. The van der Waals surface area contributed by atoms with Gasteiger partial charge < -0.3 is 18.8 Å². The fourth-order valence-corrected chi connectivity index (χ4v) is 4.84. The number of ether oxygens (including phenoxy) is 2. The predicted molar refractivity (Wildman–Crippen MR) is 110 cm³/mol. The minimum absolute atomic E-state index is 0.166. The Morgan fingerprint density at radius 1 is 1.00 bits per heavy atom. The summed E-state index contributed by atoms with van der Waals surface area (Å²) in [5.41, 5.74) is 0. The van der Waals surface area contributed by atoms with E-state index in [1.54, 1.807) is 23.1 Å². The van der Waals surface area contributed by atoms with Crippen molar-refractivity contribution in [1.82, 2.24) is 9.21 Å². The molecular weight excluding hydrogens is 408 g/mol. The SMILES string of the molecule is Cc1ccc(/C=C/C(=O)N2CCN(S(=O)(=O)c3ccc4c(c3)OCCCO4)CC2)o1. The monoisotopic (exact) mass is 432 g/mol. The highest BCUT2D eigenvalue weighted by atomic mass is 32.2. The van der Waals surface area contributed by atoms with Crippen LogP contribution in [-0.2, 0) is 14.8 Å². The lowest BCUT2D eigenvalue weighted by atomic mass is 10.3. The highest BCUT2D eigenvalue weighted by Gasteiger charge is 2.30. The van der Waals surface area contributed by atoms with Crippen LogP contribution < -0.4 is 9.47 Å². The highest BCUT2D eigenvalue weighted by Crippen LogP contribution is 2.33. The molecule has 1 saturated heterocycles. The van der Waals surface area contributed by atoms with Crippen LogP contribution in [0.3, 0.4) is 0 Å². The summed E-state index contributed by atoms with van der Waals surface area (Å²) >= 11 is 0. The van der Waals surface area contributed by atoms with Crippen molar-refractivity contribution >= 4 is 22.0 Å². The third-order valence-electron chi connectivity index (χ3n) is 5.06. The number of aryl methyl sites for hydroxylation is 1. The first-order chi connectivity index (χ1) is 14.4. The molecule has 1 fully saturated rings. The molecule has 1 aromatic heterocycles. The van der Waals surface area contributed by atoms with Gasteiger partial charge in [0.2, 0.25) is 15.9 Å². The third-order valence-corrected chi connectivity index (χ3v) is 6.95. The molecule has 0 aliphatic carbocycles. The van der Waals surface area contributed by atoms with Gasteiger partial charge in [0.1, 0.15) is 11.5 Å². The van der Waals surface area contributed by atoms with E-state index < -0.39 is 10.0 Å². The number of furan rings is 1. The zero-order valence-electron chi connectivity index (χ0n) is 16.7. The average molecular weight is 432 g/mol. The lowest BCUT2D eigenvalue weighted by Gasteiger charge is -2.33. The third kappa shape index (κ3) is 4.36. The maximum absolute atomic E-state index is 13.0. The quantitative estimate of drug-likeness (QED) is 0.689. The van der Waals surface area contributed by atoms with E-state index >= 15 is 0 Å². The Labute approximate surface area is 175 Å². The number of benzene rings is 1. The van der Waals surface area contributed by atoms with Gasteiger partial charge >= 0.3 is 0 Å². The van der Waals surface area contributed by atoms with Crippen LogP contribution in [0.25, 0.3) is 6.08 Å². The molecule has 2 aromatic rings. The second-order valence-corrected chi connectivity index (χ2v) is 9.11. The van der Waals surface area contributed by atoms with E-state index in [4.69, 9.17) is 13.9 Å². The van der Waals surface area contributed by atoms with Crippen LogP contribution in [-0.4, -0.2) is 62.9 Å². The first-order valence-corrected chi connectivity index (χ1v) is 11.3. The Balaban J connectivity index is 1.40. The molecule has 0 bridgehead atoms. The van der Waals surface area contributed by atoms with E-state index in [2.05, 4.69) is 0 Å². The summed E-state index contributed by atoms with van der Waals surface area (Å²) in [6.45, 7) is 3.98. The van der Waals surface area contributed by atoms with Gasteiger partial charge in [-0.3, -0.25) is 4.79 Å². The van der Waals surface area contributed by atoms with Crippen LogP contribution in [0.5, 0.6) is 11.5 Å². The highest BCUT2D eigenvalue weighted by molar-refractivity contribution is 7.89. The number of rotatable bonds is 4. The topological polar surface area (TPSA) is 89.3 Å². The Bertz CT molecular complexity index is 1050. The fraction of sp³-hybridized carbons (Fsp3) is 0.381. The predicted octanol–water partition coefficient (Wildman–Crippen LogP) is 2.30. The van der Waals surface area contributed by atoms with Gasteiger partial charge in [0, 0.05) is 44.7 Å². The molecule has 0 spiro atoms. The molecule has 160 valence electrons. The van der Waals surface area contributed by atoms with Crippen molar-refractivity contribution in [1.29, 1.82) is 0 Å². The maximum Gasteiger partial charge on any atom is 0.246 e. The summed E-state index contributed by atoms with van der Waals surface area (Å²) in [4.78, 5) is 14.2. The largest absolute Gasteiger partial charge is 0.490 e. The van der Waals surface area contributed by atoms with E-state index in [1.165, 1.54) is 22.5 Å². The van der Waals surface area contributed by atoms with Gasteiger partial charge in [-0.25, -0.2) is 8.42 Å². The van der Waals surface area contributed by atoms with E-state index in [9.17, 15) is 13.2 Å². The summed E-state index contributed by atoms with van der Waals surface area (Å²) in [5, 5.41) is 0. The molecule has 3 heterocycles. The van der Waals surface area contributed by atoms with Crippen molar-refractivity contribution in [3.8, 4) is 11.5 Å². The zero-order valence-corrected chi connectivity index (χ0v) is 17.6. The smallest absolute Gasteiger partial charge is 0.246 e. The molecule has 0 atom stereocenters. The molecule has 0 saturated carbocycles. The molecule has 2 aliphatic heterocycles. The molecule has 1 aromatic carbocycles. The Morgan fingerprint density at radius 2 is 1.73 bits per heavy atom. The lowest BCUT2D eigenvalue weighted by Crippen LogP contribution is -2.50. The summed E-state index contributed by atoms with van der Waals surface area (Å²) in [6.07, 6.45) is 3.82. The number of fused-ring (bicyclic) bond motifs is 1. The first-order valence-electron chi connectivity index (χ1n) is 9.87. The van der Waals surface area contributed by atoms with Gasteiger partial charge in [-0.1, -0.05) is 0 Å². The first kappa shape index (κ1) is 20.5. The summed E-state index contributed by atoms with van der Waals surface area (Å²) in [5.74, 6) is 2.21. The van der Waals surface area contributed by atoms with Crippen LogP contribution in [0.1, 0.15) is 17.9 Å². The standard InChI is InChI=1S/C21H24N2O6S/c1-16-3-4-17(29-16)5-8-21(24)22-9-11-23(12-10-22)30(25,26)18-6-7-19-20(15-18)28-14-2-13-27-19/h3-8,15H,2,9-14H2,1H3/b8-5+. The Hall–Kier alpha value is -2.78. The average Bonchev–Trinajstić information content (AvgIpc) is 3.03. The van der Waals surface area contributed by atoms with Gasteiger partial charge in [0.15, 0.2) is 11.5 Å². The number of hydrogen-bond donors (Lipinski definition) is 0. The molecule has 4 rings (SSSR count). The second-order valence-electron chi connectivity index (χ2n) is 7.17. The van der Waals surface area contributed by atoms with Crippen LogP contribution in [0, 0.1) is 6.92 Å². The van der Waals surface area contributed by atoms with Gasteiger partial charge in [0.05, 0.1) is 18.1 Å². The zero-order chi connectivity index (χ0) is 21.1. The van der Waals surface area contributed by atoms with Gasteiger partial charge in [-0.05, 0) is 37.3 Å². The second kappa shape index (κ2) is 8.53.